The van der Waals surface area contributed by atoms with Crippen LogP contribution >= 0.6 is 11.3 Å². The van der Waals surface area contributed by atoms with Crippen molar-refractivity contribution in [2.24, 2.45) is 0 Å². The van der Waals surface area contributed by atoms with Crippen LogP contribution in [0.3, 0.4) is 0 Å². The van der Waals surface area contributed by atoms with E-state index in [2.05, 4.69) is 17.2 Å². The fourth-order valence-corrected chi connectivity index (χ4v) is 2.66. The van der Waals surface area contributed by atoms with Gasteiger partial charge < -0.3 is 11.1 Å². The minimum Gasteiger partial charge on any atom is -0.397 e. The summed E-state index contributed by atoms with van der Waals surface area (Å²) in [5, 5.41) is 4.30. The molecule has 3 nitrogen and oxygen atoms in total. The summed E-state index contributed by atoms with van der Waals surface area (Å²) in [5.41, 5.74) is 7.58. The molecule has 1 unspecified atom stereocenters. The first-order chi connectivity index (χ1) is 9.01. The Labute approximate surface area is 116 Å². The highest BCUT2D eigenvalue weighted by Gasteiger charge is 2.12. The molecule has 1 atom stereocenters. The molecular formula is C14H18FN3S. The first-order valence-electron chi connectivity index (χ1n) is 6.28. The monoisotopic (exact) mass is 279 g/mol. The van der Waals surface area contributed by atoms with Gasteiger partial charge in [0.2, 0.25) is 0 Å². The number of nitrogens with one attached hydrogen (secondary N) is 1. The van der Waals surface area contributed by atoms with Crippen LogP contribution in [-0.4, -0.2) is 4.98 Å². The molecule has 1 heterocycles. The second-order valence-electron chi connectivity index (χ2n) is 4.57. The average molecular weight is 279 g/mol. The molecule has 0 radical (unpaired) electrons. The van der Waals surface area contributed by atoms with E-state index in [0.717, 1.165) is 17.1 Å². The number of aryl methyl sites for hydroxylation is 2. The topological polar surface area (TPSA) is 50.9 Å². The van der Waals surface area contributed by atoms with Gasteiger partial charge in [-0.3, -0.25) is 0 Å². The molecule has 19 heavy (non-hydrogen) atoms. The number of hydrogen-bond donors (Lipinski definition) is 2. The van der Waals surface area contributed by atoms with Crippen LogP contribution in [0, 0.1) is 12.7 Å². The Morgan fingerprint density at radius 2 is 2.21 bits per heavy atom. The molecule has 1 aromatic heterocycles. The van der Waals surface area contributed by atoms with Crippen LogP contribution in [0.4, 0.5) is 15.8 Å². The second-order valence-corrected chi connectivity index (χ2v) is 5.72. The molecule has 2 aromatic rings. The van der Waals surface area contributed by atoms with Crippen LogP contribution < -0.4 is 11.1 Å². The molecule has 0 bridgehead atoms. The van der Waals surface area contributed by atoms with Gasteiger partial charge in [0.1, 0.15) is 10.8 Å². The van der Waals surface area contributed by atoms with Gasteiger partial charge in [0.05, 0.1) is 17.4 Å². The fourth-order valence-electron chi connectivity index (χ4n) is 1.80. The highest BCUT2D eigenvalue weighted by molar-refractivity contribution is 7.11. The first-order valence-corrected chi connectivity index (χ1v) is 7.09. The molecule has 0 fully saturated rings. The van der Waals surface area contributed by atoms with E-state index in [1.165, 1.54) is 10.9 Å². The molecule has 0 aliphatic carbocycles. The second kappa shape index (κ2) is 5.57. The van der Waals surface area contributed by atoms with E-state index in [0.29, 0.717) is 11.3 Å². The summed E-state index contributed by atoms with van der Waals surface area (Å²) in [6.45, 7) is 5.86. The summed E-state index contributed by atoms with van der Waals surface area (Å²) in [4.78, 5) is 5.65. The van der Waals surface area contributed by atoms with Crippen LogP contribution in [0.25, 0.3) is 0 Å². The van der Waals surface area contributed by atoms with E-state index in [-0.39, 0.29) is 11.9 Å². The molecule has 0 spiro atoms. The number of hydrogen-bond acceptors (Lipinski definition) is 4. The van der Waals surface area contributed by atoms with Crippen molar-refractivity contribution in [3.8, 4) is 0 Å². The lowest BCUT2D eigenvalue weighted by Gasteiger charge is -2.15. The Kier molecular flexibility index (Phi) is 4.04. The van der Waals surface area contributed by atoms with Gasteiger partial charge in [-0.15, -0.1) is 11.3 Å². The summed E-state index contributed by atoms with van der Waals surface area (Å²) < 4.78 is 13.4. The molecule has 5 heteroatoms. The van der Waals surface area contributed by atoms with Crippen molar-refractivity contribution in [1.29, 1.82) is 0 Å². The maximum Gasteiger partial charge on any atom is 0.128 e. The molecular weight excluding hydrogens is 261 g/mol. The Balaban J connectivity index is 2.18. The minimum absolute atomic E-state index is 0.0532. The lowest BCUT2D eigenvalue weighted by Crippen LogP contribution is -2.08. The van der Waals surface area contributed by atoms with Crippen molar-refractivity contribution in [3.63, 3.8) is 0 Å². The van der Waals surface area contributed by atoms with Crippen LogP contribution in [0.5, 0.6) is 0 Å². The highest BCUT2D eigenvalue weighted by Crippen LogP contribution is 2.28. The number of nitrogens with two attached hydrogens (primary N) is 1. The van der Waals surface area contributed by atoms with Gasteiger partial charge in [-0.05, 0) is 38.0 Å². The number of thiazole rings is 1. The summed E-state index contributed by atoms with van der Waals surface area (Å²) in [5.74, 6) is -0.279. The molecule has 1 aromatic carbocycles. The number of benzene rings is 1. The Morgan fingerprint density at radius 1 is 1.47 bits per heavy atom. The third-order valence-corrected chi connectivity index (χ3v) is 4.32. The number of rotatable bonds is 4. The Bertz CT molecular complexity index is 580. The summed E-state index contributed by atoms with van der Waals surface area (Å²) in [6, 6.07) is 3.14. The molecule has 102 valence electrons. The van der Waals surface area contributed by atoms with E-state index >= 15 is 0 Å². The van der Waals surface area contributed by atoms with Crippen molar-refractivity contribution in [3.05, 3.63) is 39.6 Å². The highest BCUT2D eigenvalue weighted by atomic mass is 32.1. The van der Waals surface area contributed by atoms with Gasteiger partial charge in [-0.2, -0.15) is 0 Å². The average Bonchev–Trinajstić information content (AvgIpc) is 2.84. The minimum atomic E-state index is -0.279. The number of nitrogens with zero attached hydrogens (tertiary/aromatic N) is 1. The molecule has 0 aliphatic heterocycles. The van der Waals surface area contributed by atoms with Crippen LogP contribution in [-0.2, 0) is 6.42 Å². The Hall–Kier alpha value is -1.62. The first kappa shape index (κ1) is 13.8. The summed E-state index contributed by atoms with van der Waals surface area (Å²) in [6.07, 6.45) is 2.89. The van der Waals surface area contributed by atoms with Crippen molar-refractivity contribution >= 4 is 22.7 Å². The van der Waals surface area contributed by atoms with Crippen LogP contribution in [0.15, 0.2) is 18.3 Å². The predicted octanol–water partition coefficient (Wildman–Crippen LogP) is 3.91. The summed E-state index contributed by atoms with van der Waals surface area (Å²) >= 11 is 1.68. The molecule has 0 aliphatic rings. The third kappa shape index (κ3) is 3.04. The maximum absolute atomic E-state index is 13.4. The lowest BCUT2D eigenvalue weighted by atomic mass is 10.1. The number of anilines is 2. The molecule has 2 rings (SSSR count). The van der Waals surface area contributed by atoms with E-state index < -0.39 is 0 Å². The SMILES string of the molecule is CCc1cnc(C(C)Nc2cc(C)c(F)cc2N)s1. The number of aromatic nitrogens is 1. The van der Waals surface area contributed by atoms with E-state index in [1.54, 1.807) is 24.3 Å². The lowest BCUT2D eigenvalue weighted by molar-refractivity contribution is 0.619. The normalized spacial score (nSPS) is 12.4. The zero-order valence-electron chi connectivity index (χ0n) is 11.3. The molecule has 0 saturated carbocycles. The molecule has 0 amide bonds. The van der Waals surface area contributed by atoms with E-state index in [4.69, 9.17) is 5.73 Å². The van der Waals surface area contributed by atoms with Crippen molar-refractivity contribution in [2.45, 2.75) is 33.2 Å². The van der Waals surface area contributed by atoms with Gasteiger partial charge in [0.25, 0.3) is 0 Å². The van der Waals surface area contributed by atoms with Crippen molar-refractivity contribution in [1.82, 2.24) is 4.98 Å². The molecule has 3 N–H and O–H groups in total. The van der Waals surface area contributed by atoms with Crippen molar-refractivity contribution in [2.75, 3.05) is 11.1 Å². The van der Waals surface area contributed by atoms with Crippen molar-refractivity contribution < 1.29 is 4.39 Å². The third-order valence-electron chi connectivity index (χ3n) is 2.99. The zero-order chi connectivity index (χ0) is 14.0. The zero-order valence-corrected chi connectivity index (χ0v) is 12.1. The smallest absolute Gasteiger partial charge is 0.128 e. The van der Waals surface area contributed by atoms with E-state index in [9.17, 15) is 4.39 Å². The Morgan fingerprint density at radius 3 is 2.84 bits per heavy atom. The molecule has 0 saturated heterocycles. The summed E-state index contributed by atoms with van der Waals surface area (Å²) in [7, 11) is 0. The van der Waals surface area contributed by atoms with Gasteiger partial charge in [0.15, 0.2) is 0 Å². The standard InChI is InChI=1S/C14H18FN3S/c1-4-10-7-17-14(19-10)9(3)18-13-5-8(2)11(15)6-12(13)16/h5-7,9,18H,4,16H2,1-3H3. The maximum atomic E-state index is 13.4. The quantitative estimate of drug-likeness (QED) is 0.834. The number of nitrogen functional groups attached to an aromatic ring is 1. The van der Waals surface area contributed by atoms with Gasteiger partial charge >= 0.3 is 0 Å². The number of halogens is 1. The van der Waals surface area contributed by atoms with Crippen LogP contribution in [0.2, 0.25) is 0 Å². The van der Waals surface area contributed by atoms with Gasteiger partial charge in [0, 0.05) is 11.1 Å². The van der Waals surface area contributed by atoms with E-state index in [1.807, 2.05) is 13.1 Å². The fraction of sp³-hybridized carbons (Fsp3) is 0.357. The van der Waals surface area contributed by atoms with Gasteiger partial charge in [-0.25, -0.2) is 9.37 Å². The largest absolute Gasteiger partial charge is 0.397 e. The van der Waals surface area contributed by atoms with Crippen LogP contribution in [0.1, 0.15) is 35.3 Å². The van der Waals surface area contributed by atoms with Gasteiger partial charge in [-0.1, -0.05) is 6.92 Å². The predicted molar refractivity (Wildman–Crippen MR) is 79.1 cm³/mol.